The van der Waals surface area contributed by atoms with Gasteiger partial charge in [-0.25, -0.2) is 0 Å². The Balaban J connectivity index is 3.70. The van der Waals surface area contributed by atoms with Crippen LogP contribution in [-0.2, 0) is 4.79 Å². The largest absolute Gasteiger partial charge is 0.291 e. The number of hydrogen-bond acceptors (Lipinski definition) is 3. The van der Waals surface area contributed by atoms with Crippen LogP contribution in [0.2, 0.25) is 0 Å². The topological polar surface area (TPSA) is 60.2 Å². The lowest BCUT2D eigenvalue weighted by molar-refractivity contribution is -0.510. The summed E-state index contributed by atoms with van der Waals surface area (Å²) in [6.07, 6.45) is 20.1. The maximum Gasteiger partial charge on any atom is 0.231 e. The Bertz CT molecular complexity index is 337. The quantitative estimate of drug-likeness (QED) is 0.181. The molecular weight excluding hydrogens is 278 g/mol. The van der Waals surface area contributed by atoms with Gasteiger partial charge in [0.15, 0.2) is 6.29 Å². The average molecular weight is 308 g/mol. The number of nitrogens with zero attached hydrogens (tertiary/aromatic N) is 1. The average Bonchev–Trinajstić information content (AvgIpc) is 2.50. The van der Waals surface area contributed by atoms with Crippen molar-refractivity contribution in [1.29, 1.82) is 0 Å². The number of carbonyl (C=O) groups excluding carboxylic acids is 1. The maximum absolute atomic E-state index is 10.9. The number of rotatable bonds is 15. The van der Waals surface area contributed by atoms with E-state index in [0.29, 0.717) is 12.8 Å². The molecule has 1 radical (unpaired) electrons. The summed E-state index contributed by atoms with van der Waals surface area (Å²) in [5.74, 6) is 0. The molecule has 125 valence electrons. The van der Waals surface area contributed by atoms with Crippen molar-refractivity contribution in [2.24, 2.45) is 0 Å². The lowest BCUT2D eigenvalue weighted by Gasteiger charge is -2.03. The molecule has 0 aromatic heterocycles. The minimum absolute atomic E-state index is 0.198. The van der Waals surface area contributed by atoms with Gasteiger partial charge in [0.2, 0.25) is 6.04 Å². The van der Waals surface area contributed by atoms with Crippen molar-refractivity contribution in [3.8, 4) is 0 Å². The van der Waals surface area contributed by atoms with Crippen molar-refractivity contribution in [2.45, 2.75) is 83.6 Å². The molecule has 4 heteroatoms. The van der Waals surface area contributed by atoms with Crippen LogP contribution >= 0.6 is 0 Å². The standard InChI is InChI=1S/C18H30NO3/c1-2-3-12-15-18(19(21)22)16-13-10-8-6-4-5-7-9-11-14-17-20/h8,10,13,16,18H,2-7,9,11-12,14-15H2,1H3/b10-8-,16-13+. The summed E-state index contributed by atoms with van der Waals surface area (Å²) in [6, 6.07) is -0.550. The molecule has 0 aliphatic carbocycles. The predicted octanol–water partition coefficient (Wildman–Crippen LogP) is 5.16. The molecule has 0 N–H and O–H groups in total. The molecule has 0 bridgehead atoms. The SMILES string of the molecule is CCCCCC(/C=C/C=C\CCCCCCC[C]=O)[N+](=O)[O-]. The van der Waals surface area contributed by atoms with Crippen LogP contribution < -0.4 is 0 Å². The zero-order chi connectivity index (χ0) is 16.5. The normalized spacial score (nSPS) is 13.0. The van der Waals surface area contributed by atoms with Crippen molar-refractivity contribution in [3.63, 3.8) is 0 Å². The van der Waals surface area contributed by atoms with Gasteiger partial charge in [0.1, 0.15) is 0 Å². The number of unbranched alkanes of at least 4 members (excludes halogenated alkanes) is 8. The molecule has 4 nitrogen and oxygen atoms in total. The van der Waals surface area contributed by atoms with Crippen LogP contribution in [0.25, 0.3) is 0 Å². The molecular formula is C18H30NO3. The van der Waals surface area contributed by atoms with Gasteiger partial charge in [-0.2, -0.15) is 0 Å². The van der Waals surface area contributed by atoms with E-state index in [1.165, 1.54) is 6.42 Å². The van der Waals surface area contributed by atoms with E-state index in [9.17, 15) is 14.9 Å². The second kappa shape index (κ2) is 15.9. The molecule has 0 fully saturated rings. The van der Waals surface area contributed by atoms with E-state index in [1.807, 2.05) is 12.4 Å². The summed E-state index contributed by atoms with van der Waals surface area (Å²) >= 11 is 0. The van der Waals surface area contributed by atoms with Gasteiger partial charge in [-0.05, 0) is 31.8 Å². The number of allylic oxidation sites excluding steroid dienone is 3. The minimum Gasteiger partial charge on any atom is -0.291 e. The molecule has 0 spiro atoms. The summed E-state index contributed by atoms with van der Waals surface area (Å²) in [4.78, 5) is 20.7. The molecule has 1 atom stereocenters. The van der Waals surface area contributed by atoms with Crippen molar-refractivity contribution < 1.29 is 9.72 Å². The van der Waals surface area contributed by atoms with Crippen LogP contribution in [0, 0.1) is 10.1 Å². The summed E-state index contributed by atoms with van der Waals surface area (Å²) in [7, 11) is 0. The number of nitro groups is 1. The minimum atomic E-state index is -0.550. The smallest absolute Gasteiger partial charge is 0.231 e. The van der Waals surface area contributed by atoms with Crippen LogP contribution in [-0.4, -0.2) is 17.3 Å². The van der Waals surface area contributed by atoms with Crippen molar-refractivity contribution >= 4 is 6.29 Å². The van der Waals surface area contributed by atoms with Gasteiger partial charge in [0.25, 0.3) is 0 Å². The lowest BCUT2D eigenvalue weighted by Crippen LogP contribution is -2.16. The van der Waals surface area contributed by atoms with Gasteiger partial charge in [0.05, 0.1) is 0 Å². The summed E-state index contributed by atoms with van der Waals surface area (Å²) in [6.45, 7) is 2.10. The Morgan fingerprint density at radius 1 is 1.05 bits per heavy atom. The van der Waals surface area contributed by atoms with Crippen LogP contribution in [0.4, 0.5) is 0 Å². The first-order valence-electron chi connectivity index (χ1n) is 8.54. The first-order chi connectivity index (χ1) is 10.7. The molecule has 1 unspecified atom stereocenters. The molecule has 0 rings (SSSR count). The molecule has 0 saturated carbocycles. The van der Waals surface area contributed by atoms with Gasteiger partial charge in [-0.1, -0.05) is 57.3 Å². The van der Waals surface area contributed by atoms with Gasteiger partial charge in [-0.3, -0.25) is 14.9 Å². The number of hydrogen-bond donors (Lipinski definition) is 0. The van der Waals surface area contributed by atoms with E-state index in [4.69, 9.17) is 0 Å². The van der Waals surface area contributed by atoms with E-state index < -0.39 is 6.04 Å². The third-order valence-corrected chi connectivity index (χ3v) is 3.60. The van der Waals surface area contributed by atoms with Gasteiger partial charge in [0, 0.05) is 17.8 Å². The zero-order valence-electron chi connectivity index (χ0n) is 13.8. The fraction of sp³-hybridized carbons (Fsp3) is 0.722. The van der Waals surface area contributed by atoms with E-state index in [2.05, 4.69) is 13.0 Å². The third kappa shape index (κ3) is 13.5. The Morgan fingerprint density at radius 3 is 2.45 bits per heavy atom. The van der Waals surface area contributed by atoms with Crippen LogP contribution in [0.3, 0.4) is 0 Å². The second-order valence-electron chi connectivity index (χ2n) is 5.61. The second-order valence-corrected chi connectivity index (χ2v) is 5.61. The van der Waals surface area contributed by atoms with E-state index in [1.54, 1.807) is 12.2 Å². The molecule has 0 aliphatic rings. The van der Waals surface area contributed by atoms with E-state index in [-0.39, 0.29) is 4.92 Å². The monoisotopic (exact) mass is 308 g/mol. The van der Waals surface area contributed by atoms with Gasteiger partial charge >= 0.3 is 0 Å². The lowest BCUT2D eigenvalue weighted by atomic mass is 10.1. The third-order valence-electron chi connectivity index (χ3n) is 3.60. The predicted molar refractivity (Wildman–Crippen MR) is 91.2 cm³/mol. The highest BCUT2D eigenvalue weighted by atomic mass is 16.6. The highest BCUT2D eigenvalue weighted by Gasteiger charge is 2.14. The highest BCUT2D eigenvalue weighted by Crippen LogP contribution is 2.09. The fourth-order valence-electron chi connectivity index (χ4n) is 2.23. The van der Waals surface area contributed by atoms with Gasteiger partial charge in [-0.15, -0.1) is 0 Å². The van der Waals surface area contributed by atoms with Crippen LogP contribution in [0.5, 0.6) is 0 Å². The summed E-state index contributed by atoms with van der Waals surface area (Å²) in [5.41, 5.74) is 0. The molecule has 0 aromatic rings. The maximum atomic E-state index is 10.9. The first-order valence-corrected chi connectivity index (χ1v) is 8.54. The molecule has 22 heavy (non-hydrogen) atoms. The molecule has 0 aromatic carbocycles. The Hall–Kier alpha value is -1.45. The summed E-state index contributed by atoms with van der Waals surface area (Å²) < 4.78 is 0. The van der Waals surface area contributed by atoms with Crippen molar-refractivity contribution in [1.82, 2.24) is 0 Å². The fourth-order valence-corrected chi connectivity index (χ4v) is 2.23. The molecule has 0 heterocycles. The van der Waals surface area contributed by atoms with Gasteiger partial charge < -0.3 is 0 Å². The van der Waals surface area contributed by atoms with Crippen molar-refractivity contribution in [3.05, 3.63) is 34.4 Å². The Kier molecular flexibility index (Phi) is 14.9. The molecule has 0 saturated heterocycles. The summed E-state index contributed by atoms with van der Waals surface area (Å²) in [5, 5.41) is 10.9. The highest BCUT2D eigenvalue weighted by molar-refractivity contribution is 5.50. The zero-order valence-corrected chi connectivity index (χ0v) is 13.8. The molecule has 0 aliphatic heterocycles. The Labute approximate surface area is 134 Å². The van der Waals surface area contributed by atoms with Crippen molar-refractivity contribution in [2.75, 3.05) is 0 Å². The van der Waals surface area contributed by atoms with Crippen LogP contribution in [0.15, 0.2) is 24.3 Å². The van der Waals surface area contributed by atoms with E-state index in [0.717, 1.165) is 51.4 Å². The first kappa shape index (κ1) is 20.6. The van der Waals surface area contributed by atoms with E-state index >= 15 is 0 Å². The molecule has 0 amide bonds. The Morgan fingerprint density at radius 2 is 1.77 bits per heavy atom. The van der Waals surface area contributed by atoms with Crippen LogP contribution in [0.1, 0.15) is 77.6 Å².